The molecule has 3 atom stereocenters. The van der Waals surface area contributed by atoms with Gasteiger partial charge in [-0.25, -0.2) is 0 Å². The standard InChI is InChI=1S/C41H35N5/c1-41(2)33-19-11-9-17-29(33)31-23-32-30-18-10-12-20-35(30)46(36(32)24-34(31)41)37-22-21-28(25-42-37)40-44-38(26-13-5-3-6-14-26)43-39(45-40)27-15-7-4-8-16-27/h3-25,37-39,43-45H,1-2H3. The highest BCUT2D eigenvalue weighted by Crippen LogP contribution is 2.51. The Kier molecular flexibility index (Phi) is 6.05. The van der Waals surface area contributed by atoms with Crippen LogP contribution in [0.5, 0.6) is 0 Å². The molecule has 0 radical (unpaired) electrons. The zero-order valence-electron chi connectivity index (χ0n) is 25.9. The average Bonchev–Trinajstić information content (AvgIpc) is 3.56. The number of rotatable bonds is 3. The number of fused-ring (bicyclic) bond motifs is 6. The first kappa shape index (κ1) is 27.0. The Morgan fingerprint density at radius 3 is 1.98 bits per heavy atom. The second-order valence-corrected chi connectivity index (χ2v) is 13.0. The first-order valence-electron chi connectivity index (χ1n) is 16.1. The number of hydrogen-bond donors (Lipinski definition) is 3. The van der Waals surface area contributed by atoms with Gasteiger partial charge in [0.2, 0.25) is 0 Å². The maximum Gasteiger partial charge on any atom is 0.144 e. The number of para-hydroxylation sites is 1. The molecule has 3 N–H and O–H groups in total. The third kappa shape index (κ3) is 4.16. The molecule has 1 fully saturated rings. The number of aromatic nitrogens is 1. The van der Waals surface area contributed by atoms with Gasteiger partial charge < -0.3 is 15.2 Å². The lowest BCUT2D eigenvalue weighted by molar-refractivity contribution is 0.310. The van der Waals surface area contributed by atoms with Gasteiger partial charge in [0.25, 0.3) is 0 Å². The first-order chi connectivity index (χ1) is 22.6. The van der Waals surface area contributed by atoms with Gasteiger partial charge in [-0.1, -0.05) is 117 Å². The number of hydrogen-bond acceptors (Lipinski definition) is 4. The van der Waals surface area contributed by atoms with E-state index in [4.69, 9.17) is 4.99 Å². The van der Waals surface area contributed by atoms with Crippen molar-refractivity contribution in [2.75, 3.05) is 0 Å². The van der Waals surface area contributed by atoms with Crippen molar-refractivity contribution in [1.29, 1.82) is 0 Å². The molecule has 3 unspecified atom stereocenters. The molecule has 1 aromatic heterocycles. The molecule has 1 saturated heterocycles. The van der Waals surface area contributed by atoms with Crippen molar-refractivity contribution in [2.24, 2.45) is 4.99 Å². The number of dihydropyridines is 1. The van der Waals surface area contributed by atoms with Crippen LogP contribution in [0.1, 0.15) is 54.6 Å². The van der Waals surface area contributed by atoms with E-state index in [-0.39, 0.29) is 23.9 Å². The van der Waals surface area contributed by atoms with E-state index in [0.717, 1.165) is 11.4 Å². The van der Waals surface area contributed by atoms with Crippen LogP contribution in [-0.4, -0.2) is 10.8 Å². The van der Waals surface area contributed by atoms with Gasteiger partial charge in [-0.3, -0.25) is 10.3 Å². The van der Waals surface area contributed by atoms with Crippen molar-refractivity contribution in [1.82, 2.24) is 20.5 Å². The zero-order chi connectivity index (χ0) is 30.8. The van der Waals surface area contributed by atoms with Crippen LogP contribution in [0.4, 0.5) is 0 Å². The normalized spacial score (nSPS) is 21.2. The van der Waals surface area contributed by atoms with Crippen molar-refractivity contribution in [3.63, 3.8) is 0 Å². The van der Waals surface area contributed by atoms with Gasteiger partial charge in [-0.15, -0.1) is 0 Å². The van der Waals surface area contributed by atoms with E-state index < -0.39 is 0 Å². The minimum absolute atomic E-state index is 0.0541. The minimum atomic E-state index is -0.159. The third-order valence-electron chi connectivity index (χ3n) is 9.96. The molecule has 0 saturated carbocycles. The maximum absolute atomic E-state index is 5.19. The Morgan fingerprint density at radius 1 is 0.630 bits per heavy atom. The molecule has 0 spiro atoms. The van der Waals surface area contributed by atoms with Crippen molar-refractivity contribution in [3.8, 4) is 11.1 Å². The van der Waals surface area contributed by atoms with Crippen LogP contribution in [0.2, 0.25) is 0 Å². The van der Waals surface area contributed by atoms with Crippen LogP contribution in [0.25, 0.3) is 32.9 Å². The molecular formula is C41H35N5. The smallest absolute Gasteiger partial charge is 0.144 e. The summed E-state index contributed by atoms with van der Waals surface area (Å²) in [5.41, 5.74) is 11.2. The second kappa shape index (κ2) is 10.3. The van der Waals surface area contributed by atoms with E-state index in [9.17, 15) is 0 Å². The summed E-state index contributed by atoms with van der Waals surface area (Å²) in [7, 11) is 0. The molecule has 224 valence electrons. The molecule has 5 nitrogen and oxygen atoms in total. The predicted molar refractivity (Wildman–Crippen MR) is 188 cm³/mol. The van der Waals surface area contributed by atoms with E-state index in [1.807, 2.05) is 6.21 Å². The van der Waals surface area contributed by atoms with Gasteiger partial charge in [0, 0.05) is 28.0 Å². The summed E-state index contributed by atoms with van der Waals surface area (Å²) in [4.78, 5) is 5.19. The Hall–Kier alpha value is -5.39. The predicted octanol–water partition coefficient (Wildman–Crippen LogP) is 8.63. The molecule has 6 aromatic rings. The summed E-state index contributed by atoms with van der Waals surface area (Å²) >= 11 is 0. The number of nitrogens with zero attached hydrogens (tertiary/aromatic N) is 2. The topological polar surface area (TPSA) is 53.4 Å². The van der Waals surface area contributed by atoms with Crippen molar-refractivity contribution in [2.45, 2.75) is 37.8 Å². The maximum atomic E-state index is 5.19. The summed E-state index contributed by atoms with van der Waals surface area (Å²) < 4.78 is 2.40. The van der Waals surface area contributed by atoms with Gasteiger partial charge in [-0.2, -0.15) is 0 Å². The summed E-state index contributed by atoms with van der Waals surface area (Å²) in [5.74, 6) is 0.958. The van der Waals surface area contributed by atoms with Crippen molar-refractivity contribution in [3.05, 3.63) is 167 Å². The van der Waals surface area contributed by atoms with Crippen LogP contribution in [0.15, 0.2) is 150 Å². The van der Waals surface area contributed by atoms with E-state index in [1.165, 1.54) is 55.2 Å². The Bertz CT molecular complexity index is 2160. The number of nitrogens with one attached hydrogen (secondary N) is 3. The van der Waals surface area contributed by atoms with E-state index in [1.54, 1.807) is 0 Å². The molecular weight excluding hydrogens is 562 g/mol. The highest BCUT2D eigenvalue weighted by molar-refractivity contribution is 6.10. The lowest BCUT2D eigenvalue weighted by atomic mass is 9.82. The van der Waals surface area contributed by atoms with Crippen molar-refractivity contribution >= 4 is 28.0 Å². The molecule has 9 rings (SSSR count). The molecule has 46 heavy (non-hydrogen) atoms. The fraction of sp³-hybridized carbons (Fsp3) is 0.146. The molecule has 0 amide bonds. The highest BCUT2D eigenvalue weighted by Gasteiger charge is 2.36. The summed E-state index contributed by atoms with van der Waals surface area (Å²) in [6.45, 7) is 4.69. The van der Waals surface area contributed by atoms with E-state index in [2.05, 4.69) is 168 Å². The highest BCUT2D eigenvalue weighted by atomic mass is 15.3. The average molecular weight is 598 g/mol. The van der Waals surface area contributed by atoms with Gasteiger partial charge >= 0.3 is 0 Å². The number of aliphatic imine (C=N–C) groups is 1. The summed E-state index contributed by atoms with van der Waals surface area (Å²) in [6.07, 6.45) is 6.18. The Labute approximate surface area is 269 Å². The van der Waals surface area contributed by atoms with E-state index >= 15 is 0 Å². The molecule has 0 bridgehead atoms. The monoisotopic (exact) mass is 597 g/mol. The molecule has 3 aliphatic rings. The molecule has 1 aliphatic carbocycles. The molecule has 2 aliphatic heterocycles. The number of allylic oxidation sites excluding steroid dienone is 2. The quantitative estimate of drug-likeness (QED) is 0.191. The van der Waals surface area contributed by atoms with Crippen molar-refractivity contribution < 1.29 is 0 Å². The fourth-order valence-electron chi connectivity index (χ4n) is 7.61. The molecule has 3 heterocycles. The van der Waals surface area contributed by atoms with Gasteiger partial charge in [-0.05, 0) is 63.7 Å². The summed E-state index contributed by atoms with van der Waals surface area (Å²) in [5, 5.41) is 13.7. The van der Waals surface area contributed by atoms with Crippen LogP contribution in [-0.2, 0) is 5.41 Å². The van der Waals surface area contributed by atoms with Gasteiger partial charge in [0.05, 0.1) is 11.0 Å². The zero-order valence-corrected chi connectivity index (χ0v) is 25.9. The Morgan fingerprint density at radius 2 is 1.28 bits per heavy atom. The number of benzene rings is 5. The Balaban J connectivity index is 1.13. The fourth-order valence-corrected chi connectivity index (χ4v) is 7.61. The third-order valence-corrected chi connectivity index (χ3v) is 9.96. The van der Waals surface area contributed by atoms with Gasteiger partial charge in [0.15, 0.2) is 0 Å². The minimum Gasteiger partial charge on any atom is -0.352 e. The molecule has 5 aromatic carbocycles. The molecule has 5 heteroatoms. The lowest BCUT2D eigenvalue weighted by Crippen LogP contribution is -2.51. The largest absolute Gasteiger partial charge is 0.352 e. The van der Waals surface area contributed by atoms with E-state index in [0.29, 0.717) is 0 Å². The first-order valence-corrected chi connectivity index (χ1v) is 16.1. The van der Waals surface area contributed by atoms with Crippen LogP contribution in [0, 0.1) is 0 Å². The van der Waals surface area contributed by atoms with Crippen LogP contribution >= 0.6 is 0 Å². The van der Waals surface area contributed by atoms with Crippen LogP contribution in [0.3, 0.4) is 0 Å². The summed E-state index contributed by atoms with van der Waals surface area (Å²) in [6, 6.07) is 43.5. The lowest BCUT2D eigenvalue weighted by Gasteiger charge is -2.37. The van der Waals surface area contributed by atoms with Gasteiger partial charge in [0.1, 0.15) is 24.3 Å². The SMILES string of the molecule is CC1(C)c2ccccc2-c2cc3c4ccccc4n(C4C=CC(=C5NC(c6ccccc6)NC(c6ccccc6)N5)C=N4)c3cc21. The van der Waals surface area contributed by atoms with Crippen LogP contribution < -0.4 is 16.0 Å². The second-order valence-electron chi connectivity index (χ2n) is 13.0.